The fourth-order valence-electron chi connectivity index (χ4n) is 3.58. The van der Waals surface area contributed by atoms with Gasteiger partial charge in [-0.1, -0.05) is 26.7 Å². The minimum absolute atomic E-state index is 0.0902. The maximum absolute atomic E-state index is 12.5. The van der Waals surface area contributed by atoms with Crippen molar-refractivity contribution in [2.24, 2.45) is 17.3 Å². The van der Waals surface area contributed by atoms with E-state index in [0.717, 1.165) is 44.8 Å². The quantitative estimate of drug-likeness (QED) is 0.806. The van der Waals surface area contributed by atoms with E-state index in [1.165, 1.54) is 19.3 Å². The Morgan fingerprint density at radius 2 is 2.06 bits per heavy atom. The number of hydrogen-bond donors (Lipinski definition) is 2. The van der Waals surface area contributed by atoms with Gasteiger partial charge in [-0.15, -0.1) is 0 Å². The van der Waals surface area contributed by atoms with Gasteiger partial charge in [-0.3, -0.25) is 4.79 Å². The predicted molar refractivity (Wildman–Crippen MR) is 74.3 cm³/mol. The SMILES string of the molecule is CCC1(C(=O)NCC2CCCC2C)CCNCC1. The first kappa shape index (κ1) is 13.9. The van der Waals surface area contributed by atoms with Gasteiger partial charge in [0.2, 0.25) is 5.91 Å². The number of nitrogens with one attached hydrogen (secondary N) is 2. The Morgan fingerprint density at radius 1 is 1.33 bits per heavy atom. The summed E-state index contributed by atoms with van der Waals surface area (Å²) in [6.07, 6.45) is 6.93. The number of piperidine rings is 1. The highest BCUT2D eigenvalue weighted by molar-refractivity contribution is 5.82. The van der Waals surface area contributed by atoms with Crippen molar-refractivity contribution >= 4 is 5.91 Å². The third kappa shape index (κ3) is 2.87. The maximum atomic E-state index is 12.5. The largest absolute Gasteiger partial charge is 0.355 e. The van der Waals surface area contributed by atoms with Crippen LogP contribution in [-0.2, 0) is 4.79 Å². The standard InChI is InChI=1S/C15H28N2O/c1-3-15(7-9-16-10-8-15)14(18)17-11-13-6-4-5-12(13)2/h12-13,16H,3-11H2,1-2H3,(H,17,18). The van der Waals surface area contributed by atoms with E-state index in [-0.39, 0.29) is 5.41 Å². The van der Waals surface area contributed by atoms with Crippen LogP contribution in [0, 0.1) is 17.3 Å². The smallest absolute Gasteiger partial charge is 0.226 e. The van der Waals surface area contributed by atoms with Gasteiger partial charge in [-0.05, 0) is 50.6 Å². The van der Waals surface area contributed by atoms with E-state index in [1.54, 1.807) is 0 Å². The van der Waals surface area contributed by atoms with Crippen molar-refractivity contribution < 1.29 is 4.79 Å². The molecular formula is C15H28N2O. The fourth-order valence-corrected chi connectivity index (χ4v) is 3.58. The zero-order chi connectivity index (χ0) is 13.0. The van der Waals surface area contributed by atoms with Gasteiger partial charge in [-0.25, -0.2) is 0 Å². The van der Waals surface area contributed by atoms with Crippen LogP contribution in [0.3, 0.4) is 0 Å². The lowest BCUT2D eigenvalue weighted by molar-refractivity contribution is -0.133. The van der Waals surface area contributed by atoms with Gasteiger partial charge in [-0.2, -0.15) is 0 Å². The van der Waals surface area contributed by atoms with Gasteiger partial charge in [0, 0.05) is 6.54 Å². The molecule has 0 aromatic heterocycles. The van der Waals surface area contributed by atoms with Crippen LogP contribution < -0.4 is 10.6 Å². The average molecular weight is 252 g/mol. The first-order valence-corrected chi connectivity index (χ1v) is 7.67. The Kier molecular flexibility index (Phi) is 4.66. The predicted octanol–water partition coefficient (Wildman–Crippen LogP) is 2.32. The van der Waals surface area contributed by atoms with E-state index in [1.807, 2.05) is 0 Å². The zero-order valence-electron chi connectivity index (χ0n) is 11.9. The molecule has 3 nitrogen and oxygen atoms in total. The van der Waals surface area contributed by atoms with Crippen LogP contribution in [-0.4, -0.2) is 25.5 Å². The van der Waals surface area contributed by atoms with Crippen molar-refractivity contribution in [2.45, 2.75) is 52.4 Å². The van der Waals surface area contributed by atoms with Crippen LogP contribution in [0.1, 0.15) is 52.4 Å². The van der Waals surface area contributed by atoms with Crippen molar-refractivity contribution in [1.82, 2.24) is 10.6 Å². The summed E-state index contributed by atoms with van der Waals surface area (Å²) in [5.74, 6) is 1.81. The van der Waals surface area contributed by atoms with Crippen molar-refractivity contribution in [2.75, 3.05) is 19.6 Å². The minimum atomic E-state index is -0.0902. The molecule has 2 unspecified atom stereocenters. The number of carbonyl (C=O) groups is 1. The molecule has 3 heteroatoms. The van der Waals surface area contributed by atoms with Gasteiger partial charge in [0.1, 0.15) is 0 Å². The van der Waals surface area contributed by atoms with E-state index < -0.39 is 0 Å². The normalized spacial score (nSPS) is 31.2. The maximum Gasteiger partial charge on any atom is 0.226 e. The monoisotopic (exact) mass is 252 g/mol. The second-order valence-corrected chi connectivity index (χ2v) is 6.26. The third-order valence-electron chi connectivity index (χ3n) is 5.28. The van der Waals surface area contributed by atoms with Crippen molar-refractivity contribution in [1.29, 1.82) is 0 Å². The highest BCUT2D eigenvalue weighted by Gasteiger charge is 2.38. The number of hydrogen-bond acceptors (Lipinski definition) is 2. The molecule has 2 rings (SSSR count). The van der Waals surface area contributed by atoms with Crippen LogP contribution in [0.2, 0.25) is 0 Å². The van der Waals surface area contributed by atoms with Gasteiger partial charge in [0.15, 0.2) is 0 Å². The van der Waals surface area contributed by atoms with Crippen LogP contribution in [0.25, 0.3) is 0 Å². The molecule has 0 bridgehead atoms. The van der Waals surface area contributed by atoms with Gasteiger partial charge < -0.3 is 10.6 Å². The summed E-state index contributed by atoms with van der Waals surface area (Å²) in [5, 5.41) is 6.60. The highest BCUT2D eigenvalue weighted by atomic mass is 16.2. The summed E-state index contributed by atoms with van der Waals surface area (Å²) in [4.78, 5) is 12.5. The molecular weight excluding hydrogens is 224 g/mol. The van der Waals surface area contributed by atoms with Crippen LogP contribution in [0.15, 0.2) is 0 Å². The lowest BCUT2D eigenvalue weighted by Crippen LogP contribution is -2.48. The van der Waals surface area contributed by atoms with Crippen LogP contribution in [0.4, 0.5) is 0 Å². The fraction of sp³-hybridized carbons (Fsp3) is 0.933. The molecule has 0 radical (unpaired) electrons. The summed E-state index contributed by atoms with van der Waals surface area (Å²) in [5.41, 5.74) is -0.0902. The van der Waals surface area contributed by atoms with E-state index in [4.69, 9.17) is 0 Å². The lowest BCUT2D eigenvalue weighted by Gasteiger charge is -2.35. The molecule has 2 fully saturated rings. The molecule has 2 aliphatic rings. The molecule has 18 heavy (non-hydrogen) atoms. The Balaban J connectivity index is 1.85. The van der Waals surface area contributed by atoms with E-state index in [2.05, 4.69) is 24.5 Å². The molecule has 0 aromatic carbocycles. The van der Waals surface area contributed by atoms with Crippen molar-refractivity contribution in [3.63, 3.8) is 0 Å². The second kappa shape index (κ2) is 6.05. The summed E-state index contributed by atoms with van der Waals surface area (Å²) in [6.45, 7) is 7.35. The zero-order valence-corrected chi connectivity index (χ0v) is 11.9. The minimum Gasteiger partial charge on any atom is -0.355 e. The van der Waals surface area contributed by atoms with E-state index >= 15 is 0 Å². The van der Waals surface area contributed by atoms with Crippen LogP contribution in [0.5, 0.6) is 0 Å². The molecule has 1 heterocycles. The topological polar surface area (TPSA) is 41.1 Å². The first-order chi connectivity index (χ1) is 8.68. The molecule has 104 valence electrons. The molecule has 1 aliphatic heterocycles. The third-order valence-corrected chi connectivity index (χ3v) is 5.28. The molecule has 0 spiro atoms. The Labute approximate surface area is 111 Å². The number of carbonyl (C=O) groups excluding carboxylic acids is 1. The van der Waals surface area contributed by atoms with E-state index in [9.17, 15) is 4.79 Å². The summed E-state index contributed by atoms with van der Waals surface area (Å²) >= 11 is 0. The van der Waals surface area contributed by atoms with Gasteiger partial charge in [0.25, 0.3) is 0 Å². The lowest BCUT2D eigenvalue weighted by atomic mass is 9.75. The summed E-state index contributed by atoms with van der Waals surface area (Å²) in [6, 6.07) is 0. The van der Waals surface area contributed by atoms with Crippen molar-refractivity contribution in [3.8, 4) is 0 Å². The van der Waals surface area contributed by atoms with Crippen molar-refractivity contribution in [3.05, 3.63) is 0 Å². The average Bonchev–Trinajstić information content (AvgIpc) is 2.82. The van der Waals surface area contributed by atoms with Gasteiger partial charge >= 0.3 is 0 Å². The number of amides is 1. The number of rotatable bonds is 4. The van der Waals surface area contributed by atoms with Crippen LogP contribution >= 0.6 is 0 Å². The molecule has 0 aromatic rings. The summed E-state index contributed by atoms with van der Waals surface area (Å²) in [7, 11) is 0. The Morgan fingerprint density at radius 3 is 2.61 bits per heavy atom. The highest BCUT2D eigenvalue weighted by Crippen LogP contribution is 2.34. The molecule has 1 saturated carbocycles. The molecule has 2 N–H and O–H groups in total. The first-order valence-electron chi connectivity index (χ1n) is 7.67. The summed E-state index contributed by atoms with van der Waals surface area (Å²) < 4.78 is 0. The molecule has 1 saturated heterocycles. The molecule has 1 amide bonds. The molecule has 1 aliphatic carbocycles. The Hall–Kier alpha value is -0.570. The molecule has 2 atom stereocenters. The Bertz CT molecular complexity index is 284. The van der Waals surface area contributed by atoms with E-state index in [0.29, 0.717) is 11.8 Å². The second-order valence-electron chi connectivity index (χ2n) is 6.26. The van der Waals surface area contributed by atoms with Gasteiger partial charge in [0.05, 0.1) is 5.41 Å².